The maximum Gasteiger partial charge on any atom is 0.321 e. The summed E-state index contributed by atoms with van der Waals surface area (Å²) in [5.74, 6) is -0.392. The Morgan fingerprint density at radius 2 is 2.00 bits per heavy atom. The molecule has 3 rings (SSSR count). The number of para-hydroxylation sites is 1. The van der Waals surface area contributed by atoms with Crippen LogP contribution in [0, 0.1) is 6.92 Å². The second-order valence-corrected chi connectivity index (χ2v) is 5.89. The quantitative estimate of drug-likeness (QED) is 0.902. The molecule has 25 heavy (non-hydrogen) atoms. The number of hydrogen-bond donors (Lipinski definition) is 2. The fraction of sp³-hybridized carbons (Fsp3) is 0.211. The summed E-state index contributed by atoms with van der Waals surface area (Å²) in [6, 6.07) is 14.0. The Morgan fingerprint density at radius 3 is 2.68 bits per heavy atom. The minimum absolute atomic E-state index is 0.392. The SMILES string of the molecule is CCC1=NC(N(C(N)=O)c2cccc(C)c2)C(=O)Nc2ccccc21. The number of aryl methyl sites for hydroxylation is 1. The van der Waals surface area contributed by atoms with Crippen LogP contribution in [-0.2, 0) is 4.79 Å². The van der Waals surface area contributed by atoms with Gasteiger partial charge in [0.1, 0.15) is 0 Å². The van der Waals surface area contributed by atoms with Gasteiger partial charge in [0, 0.05) is 22.6 Å². The number of rotatable bonds is 3. The van der Waals surface area contributed by atoms with E-state index in [1.807, 2.05) is 50.2 Å². The summed E-state index contributed by atoms with van der Waals surface area (Å²) in [7, 11) is 0. The van der Waals surface area contributed by atoms with Gasteiger partial charge in [-0.25, -0.2) is 4.79 Å². The number of nitrogens with one attached hydrogen (secondary N) is 1. The van der Waals surface area contributed by atoms with Crippen LogP contribution >= 0.6 is 0 Å². The van der Waals surface area contributed by atoms with Crippen molar-refractivity contribution >= 4 is 29.0 Å². The molecule has 0 fully saturated rings. The van der Waals surface area contributed by atoms with Gasteiger partial charge in [-0.1, -0.05) is 37.3 Å². The number of nitrogens with two attached hydrogens (primary N) is 1. The van der Waals surface area contributed by atoms with Gasteiger partial charge in [-0.15, -0.1) is 0 Å². The fourth-order valence-corrected chi connectivity index (χ4v) is 2.94. The standard InChI is InChI=1S/C19H20N4O2/c1-3-15-14-9-4-5-10-16(14)22-18(24)17(21-15)23(19(20)25)13-8-6-7-12(2)11-13/h4-11,17H,3H2,1-2H3,(H2,20,25)(H,22,24). The molecule has 1 atom stereocenters. The molecule has 0 saturated heterocycles. The summed E-state index contributed by atoms with van der Waals surface area (Å²) in [5.41, 5.74) is 9.38. The molecule has 6 heteroatoms. The van der Waals surface area contributed by atoms with Crippen LogP contribution in [0.25, 0.3) is 0 Å². The zero-order chi connectivity index (χ0) is 18.0. The number of urea groups is 1. The van der Waals surface area contributed by atoms with Crippen molar-refractivity contribution in [3.63, 3.8) is 0 Å². The lowest BCUT2D eigenvalue weighted by atomic mass is 10.1. The second kappa shape index (κ2) is 6.76. The van der Waals surface area contributed by atoms with E-state index in [9.17, 15) is 9.59 Å². The Labute approximate surface area is 146 Å². The van der Waals surface area contributed by atoms with Gasteiger partial charge in [0.25, 0.3) is 5.91 Å². The predicted molar refractivity (Wildman–Crippen MR) is 98.9 cm³/mol. The third-order valence-electron chi connectivity index (χ3n) is 4.11. The van der Waals surface area contributed by atoms with Gasteiger partial charge >= 0.3 is 6.03 Å². The van der Waals surface area contributed by atoms with Crippen LogP contribution in [0.4, 0.5) is 16.2 Å². The minimum atomic E-state index is -1.05. The first kappa shape index (κ1) is 16.7. The largest absolute Gasteiger partial charge is 0.351 e. The van der Waals surface area contributed by atoms with Crippen LogP contribution < -0.4 is 16.0 Å². The van der Waals surface area contributed by atoms with Crippen molar-refractivity contribution in [3.05, 3.63) is 59.7 Å². The molecule has 0 aromatic heterocycles. The molecule has 2 aromatic rings. The first-order valence-corrected chi connectivity index (χ1v) is 8.13. The van der Waals surface area contributed by atoms with Gasteiger partial charge in [0.15, 0.2) is 0 Å². The number of amides is 3. The number of benzodiazepines with no additional fused rings is 1. The molecule has 2 aromatic carbocycles. The molecule has 0 spiro atoms. The Kier molecular flexibility index (Phi) is 4.52. The van der Waals surface area contributed by atoms with E-state index in [4.69, 9.17) is 5.73 Å². The highest BCUT2D eigenvalue weighted by atomic mass is 16.2. The highest BCUT2D eigenvalue weighted by Crippen LogP contribution is 2.26. The fourth-order valence-electron chi connectivity index (χ4n) is 2.94. The topological polar surface area (TPSA) is 87.8 Å². The average Bonchev–Trinajstić information content (AvgIpc) is 2.72. The van der Waals surface area contributed by atoms with Crippen molar-refractivity contribution < 1.29 is 9.59 Å². The molecule has 1 unspecified atom stereocenters. The van der Waals surface area contributed by atoms with Crippen LogP contribution in [0.3, 0.4) is 0 Å². The van der Waals surface area contributed by atoms with Gasteiger partial charge in [-0.2, -0.15) is 0 Å². The lowest BCUT2D eigenvalue weighted by Crippen LogP contribution is -2.49. The van der Waals surface area contributed by atoms with Gasteiger partial charge in [-0.05, 0) is 37.1 Å². The van der Waals surface area contributed by atoms with E-state index in [-0.39, 0.29) is 0 Å². The highest BCUT2D eigenvalue weighted by Gasteiger charge is 2.32. The average molecular weight is 336 g/mol. The molecule has 0 aliphatic carbocycles. The Hall–Kier alpha value is -3.15. The van der Waals surface area contributed by atoms with Gasteiger partial charge in [-0.3, -0.25) is 14.7 Å². The molecule has 0 radical (unpaired) electrons. The van der Waals surface area contributed by atoms with Crippen LogP contribution in [0.5, 0.6) is 0 Å². The number of aliphatic imine (C=N–C) groups is 1. The first-order chi connectivity index (χ1) is 12.0. The Morgan fingerprint density at radius 1 is 1.24 bits per heavy atom. The highest BCUT2D eigenvalue weighted by molar-refractivity contribution is 6.14. The number of hydrogen-bond acceptors (Lipinski definition) is 3. The number of anilines is 2. The van der Waals surface area contributed by atoms with E-state index in [0.717, 1.165) is 16.8 Å². The molecular formula is C19H20N4O2. The second-order valence-electron chi connectivity index (χ2n) is 5.89. The van der Waals surface area contributed by atoms with Crippen molar-refractivity contribution in [2.24, 2.45) is 10.7 Å². The van der Waals surface area contributed by atoms with E-state index in [0.29, 0.717) is 17.8 Å². The first-order valence-electron chi connectivity index (χ1n) is 8.13. The van der Waals surface area contributed by atoms with E-state index in [1.165, 1.54) is 4.90 Å². The van der Waals surface area contributed by atoms with Gasteiger partial charge in [0.05, 0.1) is 0 Å². The zero-order valence-corrected chi connectivity index (χ0v) is 14.2. The van der Waals surface area contributed by atoms with Crippen LogP contribution in [-0.4, -0.2) is 23.8 Å². The molecule has 1 heterocycles. The minimum Gasteiger partial charge on any atom is -0.351 e. The lowest BCUT2D eigenvalue weighted by Gasteiger charge is -2.26. The molecule has 1 aliphatic heterocycles. The number of benzene rings is 2. The normalized spacial score (nSPS) is 16.3. The van der Waals surface area contributed by atoms with Crippen molar-refractivity contribution in [1.29, 1.82) is 0 Å². The number of nitrogens with zero attached hydrogens (tertiary/aromatic N) is 2. The van der Waals surface area contributed by atoms with Gasteiger partial charge < -0.3 is 11.1 Å². The summed E-state index contributed by atoms with van der Waals surface area (Å²) < 4.78 is 0. The summed E-state index contributed by atoms with van der Waals surface area (Å²) in [6.45, 7) is 3.87. The van der Waals surface area contributed by atoms with E-state index in [1.54, 1.807) is 12.1 Å². The summed E-state index contributed by atoms with van der Waals surface area (Å²) in [4.78, 5) is 30.7. The predicted octanol–water partition coefficient (Wildman–Crippen LogP) is 3.06. The van der Waals surface area contributed by atoms with Crippen molar-refractivity contribution in [2.75, 3.05) is 10.2 Å². The van der Waals surface area contributed by atoms with E-state index in [2.05, 4.69) is 10.3 Å². The maximum atomic E-state index is 12.8. The van der Waals surface area contributed by atoms with Crippen molar-refractivity contribution in [2.45, 2.75) is 26.4 Å². The molecular weight excluding hydrogens is 316 g/mol. The Balaban J connectivity index is 2.11. The van der Waals surface area contributed by atoms with Crippen LogP contribution in [0.15, 0.2) is 53.5 Å². The summed E-state index contributed by atoms with van der Waals surface area (Å²) in [5, 5.41) is 2.85. The van der Waals surface area contributed by atoms with Crippen molar-refractivity contribution in [3.8, 4) is 0 Å². The third-order valence-corrected chi connectivity index (χ3v) is 4.11. The number of carbonyl (C=O) groups excluding carboxylic acids is 2. The van der Waals surface area contributed by atoms with Gasteiger partial charge in [0.2, 0.25) is 6.17 Å². The third kappa shape index (κ3) is 3.24. The molecule has 3 N–H and O–H groups in total. The molecule has 128 valence electrons. The number of primary amides is 1. The van der Waals surface area contributed by atoms with Crippen LogP contribution in [0.1, 0.15) is 24.5 Å². The zero-order valence-electron chi connectivity index (χ0n) is 14.2. The monoisotopic (exact) mass is 336 g/mol. The molecule has 0 bridgehead atoms. The molecule has 3 amide bonds. The number of carbonyl (C=O) groups is 2. The lowest BCUT2D eigenvalue weighted by molar-refractivity contribution is -0.117. The number of fused-ring (bicyclic) bond motifs is 1. The smallest absolute Gasteiger partial charge is 0.321 e. The summed E-state index contributed by atoms with van der Waals surface area (Å²) in [6.07, 6.45) is -0.426. The molecule has 6 nitrogen and oxygen atoms in total. The Bertz CT molecular complexity index is 860. The maximum absolute atomic E-state index is 12.8. The summed E-state index contributed by atoms with van der Waals surface area (Å²) >= 11 is 0. The van der Waals surface area contributed by atoms with Crippen molar-refractivity contribution in [1.82, 2.24) is 0 Å². The van der Waals surface area contributed by atoms with E-state index >= 15 is 0 Å². The molecule has 0 saturated carbocycles. The molecule has 1 aliphatic rings. The van der Waals surface area contributed by atoms with Crippen LogP contribution in [0.2, 0.25) is 0 Å². The van der Waals surface area contributed by atoms with E-state index < -0.39 is 18.1 Å².